The SMILES string of the molecule is NC(=O)c1cccc(C(=O)N[C@@H](CO)C(=O)O)c1. The molecule has 18 heavy (non-hydrogen) atoms. The Morgan fingerprint density at radius 1 is 1.28 bits per heavy atom. The molecule has 0 aliphatic heterocycles. The molecule has 7 heteroatoms. The average molecular weight is 252 g/mol. The molecule has 5 N–H and O–H groups in total. The van der Waals surface area contributed by atoms with E-state index in [1.165, 1.54) is 24.3 Å². The first kappa shape index (κ1) is 13.7. The molecule has 1 aromatic rings. The van der Waals surface area contributed by atoms with Crippen LogP contribution in [0.3, 0.4) is 0 Å². The Bertz CT molecular complexity index is 486. The van der Waals surface area contributed by atoms with Crippen molar-refractivity contribution >= 4 is 17.8 Å². The summed E-state index contributed by atoms with van der Waals surface area (Å²) in [7, 11) is 0. The van der Waals surface area contributed by atoms with Gasteiger partial charge in [0, 0.05) is 11.1 Å². The van der Waals surface area contributed by atoms with Crippen LogP contribution in [0.5, 0.6) is 0 Å². The van der Waals surface area contributed by atoms with E-state index in [1.54, 1.807) is 0 Å². The molecule has 0 spiro atoms. The summed E-state index contributed by atoms with van der Waals surface area (Å²) in [6, 6.07) is 4.13. The number of aliphatic hydroxyl groups is 1. The highest BCUT2D eigenvalue weighted by molar-refractivity contribution is 6.00. The third-order valence-corrected chi connectivity index (χ3v) is 2.20. The molecule has 0 saturated carbocycles. The minimum Gasteiger partial charge on any atom is -0.480 e. The summed E-state index contributed by atoms with van der Waals surface area (Å²) in [5.74, 6) is -2.75. The van der Waals surface area contributed by atoms with Gasteiger partial charge in [-0.3, -0.25) is 9.59 Å². The van der Waals surface area contributed by atoms with Crippen LogP contribution >= 0.6 is 0 Å². The maximum Gasteiger partial charge on any atom is 0.328 e. The van der Waals surface area contributed by atoms with Crippen molar-refractivity contribution in [3.63, 3.8) is 0 Å². The van der Waals surface area contributed by atoms with Crippen molar-refractivity contribution in [1.29, 1.82) is 0 Å². The fourth-order valence-corrected chi connectivity index (χ4v) is 1.24. The number of carbonyl (C=O) groups is 3. The molecule has 0 aromatic heterocycles. The highest BCUT2D eigenvalue weighted by atomic mass is 16.4. The molecule has 0 radical (unpaired) electrons. The molecule has 96 valence electrons. The number of carboxylic acid groups (broad SMARTS) is 1. The fraction of sp³-hybridized carbons (Fsp3) is 0.182. The number of primary amides is 1. The quantitative estimate of drug-likeness (QED) is 0.532. The Hall–Kier alpha value is -2.41. The Morgan fingerprint density at radius 3 is 2.39 bits per heavy atom. The van der Waals surface area contributed by atoms with Crippen molar-refractivity contribution < 1.29 is 24.6 Å². The number of carboxylic acids is 1. The monoisotopic (exact) mass is 252 g/mol. The molecule has 0 fully saturated rings. The first-order valence-electron chi connectivity index (χ1n) is 5.00. The van der Waals surface area contributed by atoms with E-state index in [0.717, 1.165) is 0 Å². The van der Waals surface area contributed by atoms with Gasteiger partial charge in [0.1, 0.15) is 0 Å². The van der Waals surface area contributed by atoms with Crippen LogP contribution in [0.25, 0.3) is 0 Å². The smallest absolute Gasteiger partial charge is 0.328 e. The number of hydrogen-bond donors (Lipinski definition) is 4. The first-order chi connectivity index (χ1) is 8.45. The van der Waals surface area contributed by atoms with E-state index in [0.29, 0.717) is 0 Å². The topological polar surface area (TPSA) is 130 Å². The van der Waals surface area contributed by atoms with Gasteiger partial charge in [0.25, 0.3) is 5.91 Å². The Kier molecular flexibility index (Phi) is 4.39. The van der Waals surface area contributed by atoms with Crippen molar-refractivity contribution in [3.05, 3.63) is 35.4 Å². The highest BCUT2D eigenvalue weighted by Gasteiger charge is 2.19. The van der Waals surface area contributed by atoms with Gasteiger partial charge in [-0.15, -0.1) is 0 Å². The van der Waals surface area contributed by atoms with Crippen LogP contribution in [0, 0.1) is 0 Å². The lowest BCUT2D eigenvalue weighted by atomic mass is 10.1. The van der Waals surface area contributed by atoms with Crippen LogP contribution < -0.4 is 11.1 Å². The van der Waals surface area contributed by atoms with Gasteiger partial charge in [0.15, 0.2) is 6.04 Å². The zero-order valence-electron chi connectivity index (χ0n) is 9.29. The summed E-state index contributed by atoms with van der Waals surface area (Å²) in [4.78, 5) is 33.2. The molecule has 0 aliphatic carbocycles. The summed E-state index contributed by atoms with van der Waals surface area (Å²) in [5, 5.41) is 19.5. The zero-order valence-corrected chi connectivity index (χ0v) is 9.29. The molecule has 0 bridgehead atoms. The van der Waals surface area contributed by atoms with Gasteiger partial charge >= 0.3 is 5.97 Å². The second-order valence-corrected chi connectivity index (χ2v) is 3.49. The largest absolute Gasteiger partial charge is 0.480 e. The molecule has 1 atom stereocenters. The number of rotatable bonds is 5. The predicted octanol–water partition coefficient (Wildman–Crippen LogP) is -1.04. The molecule has 0 saturated heterocycles. The lowest BCUT2D eigenvalue weighted by Crippen LogP contribution is -2.43. The standard InChI is InChI=1S/C11H12N2O5/c12-9(15)6-2-1-3-7(4-6)10(16)13-8(5-14)11(17)18/h1-4,8,14H,5H2,(H2,12,15)(H,13,16)(H,17,18)/t8-/m0/s1. The Balaban J connectivity index is 2.87. The lowest BCUT2D eigenvalue weighted by molar-refractivity contribution is -0.140. The molecule has 7 nitrogen and oxygen atoms in total. The van der Waals surface area contributed by atoms with Crippen molar-refractivity contribution in [3.8, 4) is 0 Å². The number of aliphatic carboxylic acids is 1. The third kappa shape index (κ3) is 3.29. The zero-order chi connectivity index (χ0) is 13.7. The van der Waals surface area contributed by atoms with E-state index in [-0.39, 0.29) is 11.1 Å². The molecule has 0 aliphatic rings. The minimum absolute atomic E-state index is 0.0889. The fourth-order valence-electron chi connectivity index (χ4n) is 1.24. The van der Waals surface area contributed by atoms with Crippen molar-refractivity contribution in [1.82, 2.24) is 5.32 Å². The first-order valence-corrected chi connectivity index (χ1v) is 5.00. The van der Waals surface area contributed by atoms with Gasteiger partial charge in [-0.05, 0) is 18.2 Å². The molecule has 1 aromatic carbocycles. The van der Waals surface area contributed by atoms with E-state index in [2.05, 4.69) is 5.32 Å². The minimum atomic E-state index is -1.39. The van der Waals surface area contributed by atoms with Crippen LogP contribution in [0.15, 0.2) is 24.3 Å². The normalized spacial score (nSPS) is 11.6. The summed E-state index contributed by atoms with van der Waals surface area (Å²) >= 11 is 0. The van der Waals surface area contributed by atoms with Gasteiger partial charge in [-0.25, -0.2) is 4.79 Å². The van der Waals surface area contributed by atoms with Crippen molar-refractivity contribution in [2.45, 2.75) is 6.04 Å². The number of hydrogen-bond acceptors (Lipinski definition) is 4. The highest BCUT2D eigenvalue weighted by Crippen LogP contribution is 2.05. The van der Waals surface area contributed by atoms with Gasteiger partial charge in [0.05, 0.1) is 6.61 Å². The maximum atomic E-state index is 11.7. The Labute approximate surface area is 102 Å². The number of nitrogens with two attached hydrogens (primary N) is 1. The lowest BCUT2D eigenvalue weighted by Gasteiger charge is -2.11. The van der Waals surface area contributed by atoms with Gasteiger partial charge in [0.2, 0.25) is 5.91 Å². The van der Waals surface area contributed by atoms with Crippen molar-refractivity contribution in [2.75, 3.05) is 6.61 Å². The van der Waals surface area contributed by atoms with Crippen LogP contribution in [0.1, 0.15) is 20.7 Å². The van der Waals surface area contributed by atoms with Gasteiger partial charge in [-0.1, -0.05) is 6.07 Å². The average Bonchev–Trinajstić information content (AvgIpc) is 2.35. The Morgan fingerprint density at radius 2 is 1.89 bits per heavy atom. The van der Waals surface area contributed by atoms with Crippen LogP contribution in [0.4, 0.5) is 0 Å². The third-order valence-electron chi connectivity index (χ3n) is 2.20. The van der Waals surface area contributed by atoms with Crippen LogP contribution in [0.2, 0.25) is 0 Å². The summed E-state index contributed by atoms with van der Waals surface area (Å²) in [6.07, 6.45) is 0. The van der Waals surface area contributed by atoms with E-state index >= 15 is 0 Å². The number of amides is 2. The summed E-state index contributed by atoms with van der Waals surface area (Å²) in [5.41, 5.74) is 5.28. The van der Waals surface area contributed by atoms with E-state index < -0.39 is 30.4 Å². The molecule has 0 unspecified atom stereocenters. The number of benzene rings is 1. The van der Waals surface area contributed by atoms with E-state index in [1.807, 2.05) is 0 Å². The maximum absolute atomic E-state index is 11.7. The van der Waals surface area contributed by atoms with Crippen LogP contribution in [-0.2, 0) is 4.79 Å². The molecular formula is C11H12N2O5. The molecule has 1 rings (SSSR count). The van der Waals surface area contributed by atoms with Gasteiger partial charge in [-0.2, -0.15) is 0 Å². The van der Waals surface area contributed by atoms with Crippen LogP contribution in [-0.4, -0.2) is 40.6 Å². The second kappa shape index (κ2) is 5.78. The number of carbonyl (C=O) groups excluding carboxylic acids is 2. The van der Waals surface area contributed by atoms with Gasteiger partial charge < -0.3 is 21.3 Å². The number of aliphatic hydroxyl groups excluding tert-OH is 1. The van der Waals surface area contributed by atoms with E-state index in [4.69, 9.17) is 15.9 Å². The summed E-state index contributed by atoms with van der Waals surface area (Å²) < 4.78 is 0. The summed E-state index contributed by atoms with van der Waals surface area (Å²) in [6.45, 7) is -0.726. The predicted molar refractivity (Wildman–Crippen MR) is 60.9 cm³/mol. The molecule has 0 heterocycles. The molecule has 2 amide bonds. The number of nitrogens with one attached hydrogen (secondary N) is 1. The second-order valence-electron chi connectivity index (χ2n) is 3.49. The van der Waals surface area contributed by atoms with Crippen molar-refractivity contribution in [2.24, 2.45) is 5.73 Å². The van der Waals surface area contributed by atoms with E-state index in [9.17, 15) is 14.4 Å². The molecular weight excluding hydrogens is 240 g/mol.